The van der Waals surface area contributed by atoms with E-state index in [1.807, 2.05) is 0 Å². The van der Waals surface area contributed by atoms with Crippen LogP contribution in [0.15, 0.2) is 115 Å². The van der Waals surface area contributed by atoms with Gasteiger partial charge in [-0.1, -0.05) is 55.0 Å². The van der Waals surface area contributed by atoms with Gasteiger partial charge in [0.1, 0.15) is 26.4 Å². The van der Waals surface area contributed by atoms with Gasteiger partial charge in [-0.25, -0.2) is 19.2 Å². The van der Waals surface area contributed by atoms with Crippen LogP contribution in [0.1, 0.15) is 60.7 Å². The van der Waals surface area contributed by atoms with E-state index in [-0.39, 0.29) is 35.1 Å². The first-order valence-electron chi connectivity index (χ1n) is 15.7. The van der Waals surface area contributed by atoms with E-state index < -0.39 is 66.9 Å². The summed E-state index contributed by atoms with van der Waals surface area (Å²) in [5, 5.41) is 0. The number of halogens is 4. The lowest BCUT2D eigenvalue weighted by atomic mass is 9.61. The minimum Gasteiger partial charge on any atom is -0.461 e. The van der Waals surface area contributed by atoms with Gasteiger partial charge in [-0.3, -0.25) is 4.79 Å². The lowest BCUT2D eigenvalue weighted by Gasteiger charge is -2.44. The molecule has 0 saturated heterocycles. The molecule has 0 bridgehead atoms. The molecule has 4 aromatic rings. The van der Waals surface area contributed by atoms with Crippen molar-refractivity contribution in [3.8, 4) is 0 Å². The Morgan fingerprint density at radius 1 is 0.451 bits per heavy atom. The Hall–Kier alpha value is -3.65. The number of carbonyl (C=O) groups is 5. The Labute approximate surface area is 327 Å². The van der Waals surface area contributed by atoms with E-state index in [1.54, 1.807) is 97.1 Å². The Balaban J connectivity index is 1.49. The summed E-state index contributed by atoms with van der Waals surface area (Å²) in [7, 11) is 0. The van der Waals surface area contributed by atoms with Crippen molar-refractivity contribution in [3.63, 3.8) is 0 Å². The van der Waals surface area contributed by atoms with Gasteiger partial charge in [-0.05, 0) is 125 Å². The summed E-state index contributed by atoms with van der Waals surface area (Å²) in [5.41, 5.74) is -2.25. The molecule has 1 aliphatic rings. The summed E-state index contributed by atoms with van der Waals surface area (Å²) in [5.74, 6) is -3.36. The molecule has 0 spiro atoms. The molecule has 0 radical (unpaired) electrons. The standard InChI is InChI=1S/C38H30Br4O9/c39-28-14-5-1-10-24(28)32(43)48-20-37(21-49-33(44)25-11-2-6-15-29(25)40)18-9-19-38(36(37)47,22-50-34(45)26-12-3-7-16-30(26)41)23-51-35(46)27-13-4-8-17-31(27)42/h1-8,10-17H,9,18-23H2. The predicted octanol–water partition coefficient (Wildman–Crippen LogP) is 9.19. The zero-order chi connectivity index (χ0) is 36.6. The normalized spacial score (nSPS) is 14.6. The van der Waals surface area contributed by atoms with Crippen LogP contribution >= 0.6 is 63.7 Å². The molecule has 0 aliphatic heterocycles. The predicted molar refractivity (Wildman–Crippen MR) is 201 cm³/mol. The Morgan fingerprint density at radius 2 is 0.686 bits per heavy atom. The first kappa shape index (κ1) is 38.6. The third-order valence-electron chi connectivity index (χ3n) is 8.57. The summed E-state index contributed by atoms with van der Waals surface area (Å²) < 4.78 is 25.1. The molecular formula is C38H30Br4O9. The van der Waals surface area contributed by atoms with Crippen molar-refractivity contribution in [2.45, 2.75) is 19.3 Å². The molecule has 1 saturated carbocycles. The lowest BCUT2D eigenvalue weighted by Crippen LogP contribution is -2.56. The minimum atomic E-state index is -1.59. The van der Waals surface area contributed by atoms with Crippen molar-refractivity contribution in [2.75, 3.05) is 26.4 Å². The average molecular weight is 950 g/mol. The van der Waals surface area contributed by atoms with Crippen molar-refractivity contribution in [1.82, 2.24) is 0 Å². The molecule has 0 heterocycles. The molecule has 4 aromatic carbocycles. The second kappa shape index (κ2) is 17.2. The largest absolute Gasteiger partial charge is 0.461 e. The number of Topliss-reactive ketones (excluding diaryl/α,β-unsaturated/α-hetero) is 1. The average Bonchev–Trinajstić information content (AvgIpc) is 3.13. The zero-order valence-electron chi connectivity index (χ0n) is 26.9. The highest BCUT2D eigenvalue weighted by Gasteiger charge is 2.56. The summed E-state index contributed by atoms with van der Waals surface area (Å²) in [6.07, 6.45) is 0.677. The molecule has 5 rings (SSSR count). The fourth-order valence-electron chi connectivity index (χ4n) is 5.82. The fourth-order valence-corrected chi connectivity index (χ4v) is 7.61. The summed E-state index contributed by atoms with van der Waals surface area (Å²) in [4.78, 5) is 68.3. The van der Waals surface area contributed by atoms with Crippen LogP contribution in [0.25, 0.3) is 0 Å². The van der Waals surface area contributed by atoms with E-state index in [9.17, 15) is 19.2 Å². The van der Waals surface area contributed by atoms with Crippen LogP contribution in [0.3, 0.4) is 0 Å². The quantitative estimate of drug-likeness (QED) is 0.101. The molecule has 0 atom stereocenters. The maximum atomic E-state index is 15.0. The van der Waals surface area contributed by atoms with Crippen LogP contribution < -0.4 is 0 Å². The van der Waals surface area contributed by atoms with Gasteiger partial charge in [0.25, 0.3) is 0 Å². The molecule has 0 amide bonds. The highest BCUT2D eigenvalue weighted by atomic mass is 79.9. The summed E-state index contributed by atoms with van der Waals surface area (Å²) in [6.45, 7) is -1.86. The van der Waals surface area contributed by atoms with E-state index in [1.165, 1.54) is 0 Å². The molecule has 0 N–H and O–H groups in total. The van der Waals surface area contributed by atoms with Crippen molar-refractivity contribution < 1.29 is 42.9 Å². The van der Waals surface area contributed by atoms with Crippen molar-refractivity contribution in [1.29, 1.82) is 0 Å². The molecule has 1 fully saturated rings. The summed E-state index contributed by atoms with van der Waals surface area (Å²) >= 11 is 13.4. The van der Waals surface area contributed by atoms with Gasteiger partial charge in [0.2, 0.25) is 0 Å². The molecule has 51 heavy (non-hydrogen) atoms. The van der Waals surface area contributed by atoms with Crippen molar-refractivity contribution in [3.05, 3.63) is 137 Å². The molecule has 9 nitrogen and oxygen atoms in total. The van der Waals surface area contributed by atoms with E-state index in [4.69, 9.17) is 18.9 Å². The van der Waals surface area contributed by atoms with Crippen molar-refractivity contribution >= 4 is 93.4 Å². The Bertz CT molecular complexity index is 1700. The number of rotatable bonds is 12. The number of ether oxygens (including phenoxy) is 4. The van der Waals surface area contributed by atoms with Crippen LogP contribution in [-0.4, -0.2) is 56.1 Å². The topological polar surface area (TPSA) is 122 Å². The number of carbonyl (C=O) groups excluding carboxylic acids is 5. The Morgan fingerprint density at radius 3 is 0.922 bits per heavy atom. The number of benzene rings is 4. The third-order valence-corrected chi connectivity index (χ3v) is 11.3. The second-order valence-corrected chi connectivity index (χ2v) is 15.4. The van der Waals surface area contributed by atoms with Gasteiger partial charge in [0, 0.05) is 17.9 Å². The van der Waals surface area contributed by atoms with Gasteiger partial charge in [0.05, 0.1) is 33.1 Å². The molecular weight excluding hydrogens is 920 g/mol. The van der Waals surface area contributed by atoms with Gasteiger partial charge in [-0.15, -0.1) is 0 Å². The molecule has 0 aromatic heterocycles. The van der Waals surface area contributed by atoms with Crippen molar-refractivity contribution in [2.24, 2.45) is 10.8 Å². The van der Waals surface area contributed by atoms with E-state index in [0.29, 0.717) is 24.3 Å². The SMILES string of the molecule is O=C(OCC1(COC(=O)c2ccccc2Br)CCCC(COC(=O)c2ccccc2Br)(COC(=O)c2ccccc2Br)C1=O)c1ccccc1Br. The molecule has 264 valence electrons. The van der Waals surface area contributed by atoms with Gasteiger partial charge in [0.15, 0.2) is 5.78 Å². The monoisotopic (exact) mass is 946 g/mol. The molecule has 0 unspecified atom stereocenters. The number of hydrogen-bond acceptors (Lipinski definition) is 9. The fraction of sp³-hybridized carbons (Fsp3) is 0.237. The summed E-state index contributed by atoms with van der Waals surface area (Å²) in [6, 6.07) is 26.7. The minimum absolute atomic E-state index is 0.163. The zero-order valence-corrected chi connectivity index (χ0v) is 33.2. The van der Waals surface area contributed by atoms with Crippen LogP contribution in [0.2, 0.25) is 0 Å². The molecule has 1 aliphatic carbocycles. The maximum Gasteiger partial charge on any atom is 0.339 e. The number of esters is 4. The van der Waals surface area contributed by atoms with Gasteiger partial charge >= 0.3 is 23.9 Å². The maximum absolute atomic E-state index is 15.0. The van der Waals surface area contributed by atoms with Gasteiger partial charge < -0.3 is 18.9 Å². The second-order valence-electron chi connectivity index (χ2n) is 12.0. The first-order valence-corrected chi connectivity index (χ1v) is 18.9. The lowest BCUT2D eigenvalue weighted by molar-refractivity contribution is -0.157. The van der Waals surface area contributed by atoms with Crippen LogP contribution in [0.5, 0.6) is 0 Å². The van der Waals surface area contributed by atoms with Crippen LogP contribution in [0.4, 0.5) is 0 Å². The van der Waals surface area contributed by atoms with Crippen LogP contribution in [0, 0.1) is 10.8 Å². The number of ketones is 1. The Kier molecular flexibility index (Phi) is 13.0. The highest BCUT2D eigenvalue weighted by molar-refractivity contribution is 9.11. The smallest absolute Gasteiger partial charge is 0.339 e. The molecule has 13 heteroatoms. The first-order chi connectivity index (χ1) is 24.5. The van der Waals surface area contributed by atoms with E-state index in [2.05, 4.69) is 63.7 Å². The third kappa shape index (κ3) is 9.05. The number of hydrogen-bond donors (Lipinski definition) is 0. The van der Waals surface area contributed by atoms with Crippen LogP contribution in [-0.2, 0) is 23.7 Å². The van der Waals surface area contributed by atoms with E-state index >= 15 is 4.79 Å². The van der Waals surface area contributed by atoms with Gasteiger partial charge in [-0.2, -0.15) is 0 Å². The highest BCUT2D eigenvalue weighted by Crippen LogP contribution is 2.45. The van der Waals surface area contributed by atoms with E-state index in [0.717, 1.165) is 0 Å².